The molecule has 0 spiro atoms. The maximum atomic E-state index is 12.5. The van der Waals surface area contributed by atoms with Crippen LogP contribution in [0.5, 0.6) is 0 Å². The summed E-state index contributed by atoms with van der Waals surface area (Å²) in [6.45, 7) is 6.45. The van der Waals surface area contributed by atoms with E-state index in [4.69, 9.17) is 4.74 Å². The van der Waals surface area contributed by atoms with Gasteiger partial charge in [0.1, 0.15) is 0 Å². The van der Waals surface area contributed by atoms with Crippen molar-refractivity contribution < 1.29 is 9.53 Å². The number of carbonyl (C=O) groups is 1. The van der Waals surface area contributed by atoms with Gasteiger partial charge in [-0.15, -0.1) is 0 Å². The van der Waals surface area contributed by atoms with Crippen LogP contribution < -0.4 is 5.32 Å². The van der Waals surface area contributed by atoms with Crippen molar-refractivity contribution in [2.24, 2.45) is 5.92 Å². The fourth-order valence-electron chi connectivity index (χ4n) is 2.54. The first-order valence-electron chi connectivity index (χ1n) is 6.32. The second-order valence-electron chi connectivity index (χ2n) is 4.89. The predicted octanol–water partition coefficient (Wildman–Crippen LogP) is 0.573. The molecule has 4 nitrogen and oxygen atoms in total. The number of likely N-dealkylation sites (N-methyl/N-ethyl adjacent to an activating group) is 1. The Morgan fingerprint density at radius 3 is 2.88 bits per heavy atom. The van der Waals surface area contributed by atoms with Crippen LogP contribution >= 0.6 is 11.8 Å². The third-order valence-corrected chi connectivity index (χ3v) is 5.27. The lowest BCUT2D eigenvalue weighted by atomic mass is 10.0. The molecular formula is C12H22N2O2S. The van der Waals surface area contributed by atoms with Gasteiger partial charge in [0.15, 0.2) is 0 Å². The van der Waals surface area contributed by atoms with Crippen LogP contribution in [0.4, 0.5) is 0 Å². The minimum atomic E-state index is -0.00208. The van der Waals surface area contributed by atoms with Crippen molar-refractivity contribution in [1.82, 2.24) is 10.2 Å². The Morgan fingerprint density at radius 1 is 1.41 bits per heavy atom. The zero-order valence-electron chi connectivity index (χ0n) is 10.8. The van der Waals surface area contributed by atoms with Crippen molar-refractivity contribution in [3.8, 4) is 0 Å². The predicted molar refractivity (Wildman–Crippen MR) is 70.3 cm³/mol. The van der Waals surface area contributed by atoms with E-state index in [1.54, 1.807) is 0 Å². The van der Waals surface area contributed by atoms with Crippen LogP contribution in [0.15, 0.2) is 0 Å². The number of hydrogen-bond donors (Lipinski definition) is 1. The van der Waals surface area contributed by atoms with Gasteiger partial charge in [-0.05, 0) is 14.0 Å². The maximum absolute atomic E-state index is 12.5. The van der Waals surface area contributed by atoms with Crippen LogP contribution in [-0.4, -0.2) is 60.7 Å². The highest BCUT2D eigenvalue weighted by atomic mass is 32.2. The van der Waals surface area contributed by atoms with Crippen LogP contribution in [-0.2, 0) is 9.53 Å². The van der Waals surface area contributed by atoms with Gasteiger partial charge in [0.2, 0.25) is 5.91 Å². The van der Waals surface area contributed by atoms with Gasteiger partial charge < -0.3 is 15.0 Å². The normalized spacial score (nSPS) is 38.4. The Labute approximate surface area is 107 Å². The fourth-order valence-corrected chi connectivity index (χ4v) is 3.64. The molecule has 0 aromatic rings. The Balaban J connectivity index is 2.03. The summed E-state index contributed by atoms with van der Waals surface area (Å²) in [5.41, 5.74) is 0. The Kier molecular flexibility index (Phi) is 4.33. The van der Waals surface area contributed by atoms with Crippen LogP contribution in [0.3, 0.4) is 0 Å². The van der Waals surface area contributed by atoms with Gasteiger partial charge in [-0.2, -0.15) is 11.8 Å². The average Bonchev–Trinajstić information content (AvgIpc) is 2.80. The fraction of sp³-hybridized carbons (Fsp3) is 0.917. The highest BCUT2D eigenvalue weighted by Gasteiger charge is 2.39. The number of ether oxygens (including phenoxy) is 1. The molecule has 1 amide bonds. The summed E-state index contributed by atoms with van der Waals surface area (Å²) in [4.78, 5) is 14.6. The molecule has 4 unspecified atom stereocenters. The molecule has 2 aliphatic rings. The lowest BCUT2D eigenvalue weighted by molar-refractivity contribution is -0.137. The highest BCUT2D eigenvalue weighted by molar-refractivity contribution is 8.00. The van der Waals surface area contributed by atoms with E-state index < -0.39 is 0 Å². The Bertz CT molecular complexity index is 288. The first-order valence-corrected chi connectivity index (χ1v) is 7.37. The molecule has 2 saturated heterocycles. The molecule has 2 fully saturated rings. The van der Waals surface area contributed by atoms with Gasteiger partial charge in [-0.3, -0.25) is 4.79 Å². The third kappa shape index (κ3) is 2.61. The van der Waals surface area contributed by atoms with Crippen molar-refractivity contribution in [1.29, 1.82) is 0 Å². The number of amides is 1. The van der Waals surface area contributed by atoms with E-state index in [0.717, 1.165) is 12.3 Å². The number of nitrogens with zero attached hydrogens (tertiary/aromatic N) is 1. The van der Waals surface area contributed by atoms with E-state index in [0.29, 0.717) is 24.5 Å². The standard InChI is InChI=1S/C12H22N2O2S/c1-8-9(2)17-5-4-14(8)12(15)10-6-16-7-11(10)13-3/h8-11,13H,4-7H2,1-3H3. The molecule has 0 aromatic heterocycles. The largest absolute Gasteiger partial charge is 0.379 e. The van der Waals surface area contributed by atoms with Crippen LogP contribution in [0, 0.1) is 5.92 Å². The molecule has 17 heavy (non-hydrogen) atoms. The first kappa shape index (κ1) is 13.2. The van der Waals surface area contributed by atoms with E-state index in [-0.39, 0.29) is 17.9 Å². The summed E-state index contributed by atoms with van der Waals surface area (Å²) in [5.74, 6) is 1.31. The molecule has 2 aliphatic heterocycles. The van der Waals surface area contributed by atoms with Crippen molar-refractivity contribution in [3.05, 3.63) is 0 Å². The number of nitrogens with one attached hydrogen (secondary N) is 1. The van der Waals surface area contributed by atoms with Crippen LogP contribution in [0.1, 0.15) is 13.8 Å². The Morgan fingerprint density at radius 2 is 2.18 bits per heavy atom. The molecule has 5 heteroatoms. The van der Waals surface area contributed by atoms with Crippen molar-refractivity contribution in [2.45, 2.75) is 31.2 Å². The first-order chi connectivity index (χ1) is 8.15. The summed E-state index contributed by atoms with van der Waals surface area (Å²) in [5, 5.41) is 3.71. The van der Waals surface area contributed by atoms with E-state index in [9.17, 15) is 4.79 Å². The second-order valence-corrected chi connectivity index (χ2v) is 6.37. The molecule has 0 aliphatic carbocycles. The smallest absolute Gasteiger partial charge is 0.229 e. The van der Waals surface area contributed by atoms with Crippen LogP contribution in [0.25, 0.3) is 0 Å². The lowest BCUT2D eigenvalue weighted by Gasteiger charge is -2.39. The third-order valence-electron chi connectivity index (χ3n) is 3.94. The zero-order valence-corrected chi connectivity index (χ0v) is 11.6. The summed E-state index contributed by atoms with van der Waals surface area (Å²) in [7, 11) is 1.90. The molecule has 0 radical (unpaired) electrons. The van der Waals surface area contributed by atoms with Crippen LogP contribution in [0.2, 0.25) is 0 Å². The maximum Gasteiger partial charge on any atom is 0.229 e. The molecule has 98 valence electrons. The van der Waals surface area contributed by atoms with Crippen molar-refractivity contribution in [3.63, 3.8) is 0 Å². The molecule has 1 N–H and O–H groups in total. The van der Waals surface area contributed by atoms with Gasteiger partial charge in [-0.1, -0.05) is 6.92 Å². The number of hydrogen-bond acceptors (Lipinski definition) is 4. The van der Waals surface area contributed by atoms with E-state index in [1.807, 2.05) is 23.7 Å². The minimum absolute atomic E-state index is 0.00208. The summed E-state index contributed by atoms with van der Waals surface area (Å²) >= 11 is 1.96. The zero-order chi connectivity index (χ0) is 12.4. The van der Waals surface area contributed by atoms with E-state index in [1.165, 1.54) is 0 Å². The molecule has 2 heterocycles. The summed E-state index contributed by atoms with van der Waals surface area (Å²) in [6, 6.07) is 0.513. The SMILES string of the molecule is CNC1COCC1C(=O)N1CCSC(C)C1C. The molecule has 2 rings (SSSR count). The monoisotopic (exact) mass is 258 g/mol. The molecular weight excluding hydrogens is 236 g/mol. The number of carbonyl (C=O) groups excluding carboxylic acids is 1. The highest BCUT2D eigenvalue weighted by Crippen LogP contribution is 2.27. The quantitative estimate of drug-likeness (QED) is 0.786. The van der Waals surface area contributed by atoms with Gasteiger partial charge in [-0.25, -0.2) is 0 Å². The lowest BCUT2D eigenvalue weighted by Crippen LogP contribution is -2.53. The molecule has 0 bridgehead atoms. The van der Waals surface area contributed by atoms with E-state index in [2.05, 4.69) is 19.2 Å². The second kappa shape index (κ2) is 5.59. The minimum Gasteiger partial charge on any atom is -0.379 e. The van der Waals surface area contributed by atoms with Gasteiger partial charge >= 0.3 is 0 Å². The molecule has 0 saturated carbocycles. The van der Waals surface area contributed by atoms with Gasteiger partial charge in [0.05, 0.1) is 19.1 Å². The molecule has 0 aromatic carbocycles. The van der Waals surface area contributed by atoms with E-state index >= 15 is 0 Å². The summed E-state index contributed by atoms with van der Waals surface area (Å²) < 4.78 is 5.42. The number of thioether (sulfide) groups is 1. The topological polar surface area (TPSA) is 41.6 Å². The average molecular weight is 258 g/mol. The Hall–Kier alpha value is -0.260. The van der Waals surface area contributed by atoms with Gasteiger partial charge in [0, 0.05) is 29.6 Å². The summed E-state index contributed by atoms with van der Waals surface area (Å²) in [6.07, 6.45) is 0. The van der Waals surface area contributed by atoms with Gasteiger partial charge in [0.25, 0.3) is 0 Å². The van der Waals surface area contributed by atoms with Crippen molar-refractivity contribution in [2.75, 3.05) is 32.6 Å². The van der Waals surface area contributed by atoms with Crippen molar-refractivity contribution >= 4 is 17.7 Å². The molecule has 4 atom stereocenters. The number of rotatable bonds is 2.